The van der Waals surface area contributed by atoms with Crippen LogP contribution in [-0.4, -0.2) is 0 Å². The van der Waals surface area contributed by atoms with Crippen LogP contribution in [0.2, 0.25) is 0 Å². The summed E-state index contributed by atoms with van der Waals surface area (Å²) in [5, 5.41) is 0. The van der Waals surface area contributed by atoms with E-state index in [2.05, 4.69) is 25.7 Å². The van der Waals surface area contributed by atoms with Gasteiger partial charge in [0.2, 0.25) is 0 Å². The number of hydrogen-bond donors (Lipinski definition) is 0. The Morgan fingerprint density at radius 2 is 0.467 bits per heavy atom. The summed E-state index contributed by atoms with van der Waals surface area (Å²) in [6, 6.07) is 0. The summed E-state index contributed by atoms with van der Waals surface area (Å²) in [5.74, 6) is 6.78. The van der Waals surface area contributed by atoms with Gasteiger partial charge in [-0.3, -0.25) is 0 Å². The van der Waals surface area contributed by atoms with Gasteiger partial charge in [-0.25, -0.2) is 0 Å². The summed E-state index contributed by atoms with van der Waals surface area (Å²) >= 11 is 0. The second-order valence-electron chi connectivity index (χ2n) is 9.63. The first-order valence-electron chi connectivity index (χ1n) is 14.4. The van der Waals surface area contributed by atoms with E-state index in [0.29, 0.717) is 0 Å². The van der Waals surface area contributed by atoms with Crippen molar-refractivity contribution >= 4 is 0 Å². The van der Waals surface area contributed by atoms with Crippen LogP contribution < -0.4 is 0 Å². The molecule has 0 aromatic carbocycles. The van der Waals surface area contributed by atoms with Crippen molar-refractivity contribution in [1.29, 1.82) is 0 Å². The minimum absolute atomic E-state index is 1.13. The van der Waals surface area contributed by atoms with Crippen molar-refractivity contribution in [2.75, 3.05) is 0 Å². The van der Waals surface area contributed by atoms with Crippen LogP contribution in [0.25, 0.3) is 0 Å². The van der Waals surface area contributed by atoms with Gasteiger partial charge in [0.15, 0.2) is 0 Å². The third-order valence-corrected chi connectivity index (χ3v) is 6.44. The summed E-state index contributed by atoms with van der Waals surface area (Å²) in [6.45, 7) is 4.58. The first kappa shape index (κ1) is 29.6. The molecule has 0 rings (SSSR count). The average molecular weight is 419 g/mol. The number of unbranched alkanes of at least 4 members (excludes halogenated alkanes) is 24. The van der Waals surface area contributed by atoms with E-state index < -0.39 is 0 Å². The molecule has 0 heteroatoms. The Morgan fingerprint density at radius 1 is 0.267 bits per heavy atom. The maximum Gasteiger partial charge on any atom is 0.00886 e. The molecule has 0 aromatic rings. The highest BCUT2D eigenvalue weighted by atomic mass is 14.0. The lowest BCUT2D eigenvalue weighted by Gasteiger charge is -2.03. The van der Waals surface area contributed by atoms with Crippen molar-refractivity contribution in [3.05, 3.63) is 0 Å². The molecule has 30 heavy (non-hydrogen) atoms. The normalized spacial score (nSPS) is 10.9. The smallest absolute Gasteiger partial charge is 0.00886 e. The Kier molecular flexibility index (Phi) is 28.1. The molecule has 0 unspecified atom stereocenters. The monoisotopic (exact) mass is 418 g/mol. The molecule has 0 amide bonds. The molecule has 0 bridgehead atoms. The molecule has 0 aromatic heterocycles. The third kappa shape index (κ3) is 27.6. The predicted octanol–water partition coefficient (Wildman–Crippen LogP) is 11.2. The molecule has 0 nitrogen and oxygen atoms in total. The quantitative estimate of drug-likeness (QED) is 0.108. The van der Waals surface area contributed by atoms with Crippen molar-refractivity contribution in [2.24, 2.45) is 0 Å². The van der Waals surface area contributed by atoms with E-state index in [1.54, 1.807) is 0 Å². The lowest BCUT2D eigenvalue weighted by molar-refractivity contribution is 0.525. The van der Waals surface area contributed by atoms with Crippen molar-refractivity contribution < 1.29 is 0 Å². The van der Waals surface area contributed by atoms with E-state index in [0.717, 1.165) is 12.8 Å². The van der Waals surface area contributed by atoms with Crippen LogP contribution in [0.4, 0.5) is 0 Å². The van der Waals surface area contributed by atoms with Gasteiger partial charge in [0.25, 0.3) is 0 Å². The van der Waals surface area contributed by atoms with Gasteiger partial charge < -0.3 is 0 Å². The van der Waals surface area contributed by atoms with E-state index in [1.165, 1.54) is 154 Å². The molecule has 0 atom stereocenters. The summed E-state index contributed by atoms with van der Waals surface area (Å²) in [6.07, 6.45) is 36.6. The zero-order chi connectivity index (χ0) is 21.8. The Bertz CT molecular complexity index is 345. The summed E-state index contributed by atoms with van der Waals surface area (Å²) in [4.78, 5) is 0. The molecule has 178 valence electrons. The van der Waals surface area contributed by atoms with E-state index >= 15 is 0 Å². The minimum atomic E-state index is 1.13. The van der Waals surface area contributed by atoms with Crippen molar-refractivity contribution in [1.82, 2.24) is 0 Å². The maximum absolute atomic E-state index is 3.39. The Balaban J connectivity index is 3.06. The summed E-state index contributed by atoms with van der Waals surface area (Å²) in [5.41, 5.74) is 0. The predicted molar refractivity (Wildman–Crippen MR) is 139 cm³/mol. The molecule has 0 heterocycles. The third-order valence-electron chi connectivity index (χ3n) is 6.44. The fraction of sp³-hybridized carbons (Fsp3) is 0.933. The largest absolute Gasteiger partial charge is 0.103 e. The standard InChI is InChI=1S/C30H58/c1-3-5-7-9-11-13-15-17-19-21-23-25-27-29-30-28-26-24-22-20-18-16-14-12-10-8-6-4-2/h3-17,19,21-30H2,1-2H3. The fourth-order valence-corrected chi connectivity index (χ4v) is 4.29. The fourth-order valence-electron chi connectivity index (χ4n) is 4.29. The van der Waals surface area contributed by atoms with Gasteiger partial charge in [0.1, 0.15) is 0 Å². The van der Waals surface area contributed by atoms with Crippen LogP contribution in [0.5, 0.6) is 0 Å². The molecule has 0 radical (unpaired) electrons. The molecule has 0 fully saturated rings. The highest BCUT2D eigenvalue weighted by Crippen LogP contribution is 2.14. The van der Waals surface area contributed by atoms with E-state index in [9.17, 15) is 0 Å². The molecule has 0 spiro atoms. The lowest BCUT2D eigenvalue weighted by Crippen LogP contribution is -1.84. The van der Waals surface area contributed by atoms with Crippen molar-refractivity contribution in [3.63, 3.8) is 0 Å². The average Bonchev–Trinajstić information content (AvgIpc) is 2.76. The van der Waals surface area contributed by atoms with Crippen molar-refractivity contribution in [2.45, 2.75) is 181 Å². The Labute approximate surface area is 192 Å². The van der Waals surface area contributed by atoms with Gasteiger partial charge in [-0.05, 0) is 12.8 Å². The van der Waals surface area contributed by atoms with Gasteiger partial charge in [-0.15, -0.1) is 11.8 Å². The van der Waals surface area contributed by atoms with Crippen LogP contribution in [0.1, 0.15) is 181 Å². The van der Waals surface area contributed by atoms with Crippen LogP contribution in [0.3, 0.4) is 0 Å². The van der Waals surface area contributed by atoms with E-state index in [-0.39, 0.29) is 0 Å². The molecule has 0 aliphatic rings. The van der Waals surface area contributed by atoms with Gasteiger partial charge in [0.05, 0.1) is 0 Å². The molecular weight excluding hydrogens is 360 g/mol. The lowest BCUT2D eigenvalue weighted by atomic mass is 10.0. The van der Waals surface area contributed by atoms with Gasteiger partial charge in [-0.1, -0.05) is 155 Å². The second-order valence-corrected chi connectivity index (χ2v) is 9.63. The number of rotatable bonds is 24. The zero-order valence-electron chi connectivity index (χ0n) is 21.4. The highest BCUT2D eigenvalue weighted by Gasteiger charge is 1.95. The maximum atomic E-state index is 3.39. The van der Waals surface area contributed by atoms with Gasteiger partial charge in [-0.2, -0.15) is 0 Å². The molecule has 0 aliphatic heterocycles. The Hall–Kier alpha value is -0.440. The van der Waals surface area contributed by atoms with Crippen LogP contribution in [0.15, 0.2) is 0 Å². The highest BCUT2D eigenvalue weighted by molar-refractivity contribution is 4.98. The molecular formula is C30H58. The zero-order valence-corrected chi connectivity index (χ0v) is 21.4. The summed E-state index contributed by atoms with van der Waals surface area (Å²) in [7, 11) is 0. The molecule has 0 saturated heterocycles. The van der Waals surface area contributed by atoms with Gasteiger partial charge in [0, 0.05) is 12.8 Å². The Morgan fingerprint density at radius 3 is 0.700 bits per heavy atom. The SMILES string of the molecule is CCCCCCCCC#CCCCCCCCCCCCCCCCCCCCC. The minimum Gasteiger partial charge on any atom is -0.103 e. The first-order valence-corrected chi connectivity index (χ1v) is 14.4. The van der Waals surface area contributed by atoms with Gasteiger partial charge >= 0.3 is 0 Å². The topological polar surface area (TPSA) is 0 Å². The molecule has 0 N–H and O–H groups in total. The molecule has 0 aliphatic carbocycles. The van der Waals surface area contributed by atoms with Crippen LogP contribution in [0, 0.1) is 11.8 Å². The first-order chi connectivity index (χ1) is 14.9. The summed E-state index contributed by atoms with van der Waals surface area (Å²) < 4.78 is 0. The van der Waals surface area contributed by atoms with Crippen LogP contribution >= 0.6 is 0 Å². The van der Waals surface area contributed by atoms with E-state index in [1.807, 2.05) is 0 Å². The number of hydrogen-bond acceptors (Lipinski definition) is 0. The second kappa shape index (κ2) is 28.6. The van der Waals surface area contributed by atoms with E-state index in [4.69, 9.17) is 0 Å². The van der Waals surface area contributed by atoms with Crippen LogP contribution in [-0.2, 0) is 0 Å². The molecule has 0 saturated carbocycles. The van der Waals surface area contributed by atoms with Crippen molar-refractivity contribution in [3.8, 4) is 11.8 Å².